The summed E-state index contributed by atoms with van der Waals surface area (Å²) >= 11 is 6.44. The van der Waals surface area contributed by atoms with Crippen LogP contribution in [0.5, 0.6) is 5.75 Å². The molecule has 1 aliphatic carbocycles. The van der Waals surface area contributed by atoms with Gasteiger partial charge in [-0.05, 0) is 66.6 Å². The number of hydrogen-bond acceptors (Lipinski definition) is 10. The maximum atomic E-state index is 6.44. The Morgan fingerprint density at radius 2 is 1.77 bits per heavy atom. The zero-order valence-electron chi connectivity index (χ0n) is 24.9. The Morgan fingerprint density at radius 3 is 2.47 bits per heavy atom. The number of aromatic nitrogens is 8. The molecular weight excluding hydrogens is 568 g/mol. The molecule has 3 aromatic heterocycles. The van der Waals surface area contributed by atoms with Crippen molar-refractivity contribution in [1.82, 2.24) is 44.9 Å². The van der Waals surface area contributed by atoms with Gasteiger partial charge in [-0.1, -0.05) is 31.5 Å². The van der Waals surface area contributed by atoms with Crippen molar-refractivity contribution < 1.29 is 9.47 Å². The molecule has 12 nitrogen and oxygen atoms in total. The average molecular weight is 607 g/mol. The molecule has 13 heteroatoms. The molecule has 4 heterocycles. The third kappa shape index (κ3) is 7.14. The molecule has 2 aliphatic rings. The third-order valence-corrected chi connectivity index (χ3v) is 8.55. The van der Waals surface area contributed by atoms with Crippen LogP contribution in [0.1, 0.15) is 64.1 Å². The minimum absolute atomic E-state index is 0.185. The van der Waals surface area contributed by atoms with Crippen LogP contribution >= 0.6 is 11.6 Å². The van der Waals surface area contributed by atoms with E-state index in [9.17, 15) is 0 Å². The Balaban J connectivity index is 1.11. The van der Waals surface area contributed by atoms with E-state index >= 15 is 0 Å². The van der Waals surface area contributed by atoms with Gasteiger partial charge in [-0.15, -0.1) is 5.10 Å². The molecule has 0 unspecified atom stereocenters. The van der Waals surface area contributed by atoms with Gasteiger partial charge in [0.25, 0.3) is 0 Å². The lowest BCUT2D eigenvalue weighted by atomic mass is 9.90. The molecule has 0 amide bonds. The normalized spacial score (nSPS) is 20.3. The monoisotopic (exact) mass is 606 g/mol. The molecule has 1 saturated carbocycles. The topological polar surface area (TPSA) is 121 Å². The molecule has 228 valence electrons. The summed E-state index contributed by atoms with van der Waals surface area (Å²) in [5.74, 6) is 1.38. The highest BCUT2D eigenvalue weighted by atomic mass is 35.5. The number of tetrazole rings is 1. The summed E-state index contributed by atoms with van der Waals surface area (Å²) in [6.07, 6.45) is 11.8. The molecule has 1 aliphatic heterocycles. The third-order valence-electron chi connectivity index (χ3n) is 8.24. The van der Waals surface area contributed by atoms with Crippen molar-refractivity contribution in [3.63, 3.8) is 0 Å². The number of ether oxygens (including phenoxy) is 2. The van der Waals surface area contributed by atoms with Crippen molar-refractivity contribution in [3.05, 3.63) is 53.8 Å². The highest BCUT2D eigenvalue weighted by molar-refractivity contribution is 6.32. The molecule has 1 atom stereocenters. The zero-order chi connectivity index (χ0) is 29.8. The number of hydrogen-bond donors (Lipinski definition) is 1. The Kier molecular flexibility index (Phi) is 9.15. The van der Waals surface area contributed by atoms with Gasteiger partial charge in [0.15, 0.2) is 0 Å². The van der Waals surface area contributed by atoms with Crippen molar-refractivity contribution >= 4 is 23.2 Å². The first-order valence-electron chi connectivity index (χ1n) is 15.1. The lowest BCUT2D eigenvalue weighted by Crippen LogP contribution is -2.45. The summed E-state index contributed by atoms with van der Waals surface area (Å²) in [6.45, 7) is 10.6. The highest BCUT2D eigenvalue weighted by Crippen LogP contribution is 2.35. The zero-order valence-corrected chi connectivity index (χ0v) is 25.7. The van der Waals surface area contributed by atoms with Crippen LogP contribution < -0.4 is 10.1 Å². The quantitative estimate of drug-likeness (QED) is 0.260. The minimum atomic E-state index is -0.185. The van der Waals surface area contributed by atoms with Crippen LogP contribution in [0.2, 0.25) is 5.02 Å². The summed E-state index contributed by atoms with van der Waals surface area (Å²) in [5.41, 5.74) is 3.75. The van der Waals surface area contributed by atoms with E-state index in [0.717, 1.165) is 61.7 Å². The van der Waals surface area contributed by atoms with Crippen molar-refractivity contribution in [2.75, 3.05) is 31.6 Å². The largest absolute Gasteiger partial charge is 0.487 e. The molecule has 43 heavy (non-hydrogen) atoms. The number of anilines is 2. The number of morpholine rings is 1. The number of nitrogens with zero attached hydrogens (tertiary/aromatic N) is 9. The number of benzene rings is 1. The molecule has 0 radical (unpaired) electrons. The first kappa shape index (κ1) is 29.5. The maximum absolute atomic E-state index is 6.44. The van der Waals surface area contributed by atoms with E-state index in [1.807, 2.05) is 25.1 Å². The van der Waals surface area contributed by atoms with Crippen molar-refractivity contribution in [1.29, 1.82) is 0 Å². The van der Waals surface area contributed by atoms with E-state index in [0.29, 0.717) is 35.3 Å². The molecule has 1 saturated heterocycles. The van der Waals surface area contributed by atoms with Gasteiger partial charge in [-0.3, -0.25) is 9.58 Å². The van der Waals surface area contributed by atoms with E-state index in [2.05, 4.69) is 60.4 Å². The first-order chi connectivity index (χ1) is 20.9. The number of halogens is 1. The van der Waals surface area contributed by atoms with E-state index in [1.54, 1.807) is 23.4 Å². The molecule has 2 fully saturated rings. The first-order valence-corrected chi connectivity index (χ1v) is 15.5. The van der Waals surface area contributed by atoms with Crippen LogP contribution in [0.25, 0.3) is 11.1 Å². The maximum Gasteiger partial charge on any atom is 0.227 e. The van der Waals surface area contributed by atoms with Gasteiger partial charge >= 0.3 is 0 Å². The van der Waals surface area contributed by atoms with Gasteiger partial charge in [0.2, 0.25) is 5.95 Å². The van der Waals surface area contributed by atoms with Crippen LogP contribution in [0.4, 0.5) is 11.6 Å². The standard InChI is InChI=1S/C30H39ClN10O2/c1-20(2)29-27(18-41(36-29)25-7-5-24(6-8-25)39-10-12-42-13-11-39)35-30-32-15-23(16-33-30)22-4-9-26(31)28(14-22)43-21(3)17-40-19-34-37-38-40/h4,9,14-16,18-21,24-25H,5-8,10-13,17H2,1-3H3,(H,32,33,35)/t21-,24?,25?/m0/s1. The lowest BCUT2D eigenvalue weighted by Gasteiger charge is -2.38. The summed E-state index contributed by atoms with van der Waals surface area (Å²) < 4.78 is 15.4. The minimum Gasteiger partial charge on any atom is -0.487 e. The summed E-state index contributed by atoms with van der Waals surface area (Å²) in [6, 6.07) is 6.72. The molecule has 1 aromatic carbocycles. The Labute approximate surface area is 256 Å². The second-order valence-corrected chi connectivity index (χ2v) is 12.1. The summed E-state index contributed by atoms with van der Waals surface area (Å²) in [4.78, 5) is 11.9. The molecule has 0 bridgehead atoms. The highest BCUT2D eigenvalue weighted by Gasteiger charge is 2.29. The SMILES string of the molecule is CC(C)c1nn(C2CCC(N3CCOCC3)CC2)cc1Nc1ncc(-c2ccc(Cl)c(O[C@@H](C)Cn3cnnn3)c2)cn1. The van der Waals surface area contributed by atoms with Crippen LogP contribution in [0.3, 0.4) is 0 Å². The molecule has 1 N–H and O–H groups in total. The number of rotatable bonds is 10. The Bertz CT molecular complexity index is 1460. The van der Waals surface area contributed by atoms with Crippen LogP contribution in [0.15, 0.2) is 43.1 Å². The van der Waals surface area contributed by atoms with E-state index < -0.39 is 0 Å². The average Bonchev–Trinajstić information content (AvgIpc) is 3.70. The van der Waals surface area contributed by atoms with Crippen LogP contribution in [0, 0.1) is 0 Å². The fourth-order valence-corrected chi connectivity index (χ4v) is 6.12. The van der Waals surface area contributed by atoms with Gasteiger partial charge in [-0.2, -0.15) is 5.10 Å². The van der Waals surface area contributed by atoms with Gasteiger partial charge < -0.3 is 14.8 Å². The summed E-state index contributed by atoms with van der Waals surface area (Å²) in [7, 11) is 0. The summed E-state index contributed by atoms with van der Waals surface area (Å²) in [5, 5.41) is 20.2. The van der Waals surface area contributed by atoms with Crippen LogP contribution in [-0.2, 0) is 11.3 Å². The van der Waals surface area contributed by atoms with Gasteiger partial charge in [0, 0.05) is 43.3 Å². The van der Waals surface area contributed by atoms with Gasteiger partial charge in [-0.25, -0.2) is 14.6 Å². The molecule has 4 aromatic rings. The predicted molar refractivity (Wildman–Crippen MR) is 164 cm³/mol. The van der Waals surface area contributed by atoms with E-state index in [-0.39, 0.29) is 12.0 Å². The molecule has 0 spiro atoms. The van der Waals surface area contributed by atoms with Crippen LogP contribution in [-0.4, -0.2) is 83.3 Å². The second-order valence-electron chi connectivity index (χ2n) is 11.7. The molecular formula is C30H39ClN10O2. The van der Waals surface area contributed by atoms with E-state index in [4.69, 9.17) is 26.2 Å². The Hall–Kier alpha value is -3.61. The fourth-order valence-electron chi connectivity index (χ4n) is 5.96. The van der Waals surface area contributed by atoms with Crippen molar-refractivity contribution in [2.24, 2.45) is 0 Å². The predicted octanol–water partition coefficient (Wildman–Crippen LogP) is 5.13. The van der Waals surface area contributed by atoms with Crippen molar-refractivity contribution in [2.45, 2.75) is 77.1 Å². The fraction of sp³-hybridized carbons (Fsp3) is 0.533. The van der Waals surface area contributed by atoms with Gasteiger partial charge in [0.05, 0.1) is 42.2 Å². The smallest absolute Gasteiger partial charge is 0.227 e. The Morgan fingerprint density at radius 1 is 1.02 bits per heavy atom. The molecule has 6 rings (SSSR count). The number of nitrogens with one attached hydrogen (secondary N) is 1. The van der Waals surface area contributed by atoms with E-state index in [1.165, 1.54) is 12.8 Å². The van der Waals surface area contributed by atoms with Crippen molar-refractivity contribution in [3.8, 4) is 16.9 Å². The lowest BCUT2D eigenvalue weighted by molar-refractivity contribution is 0.00505. The second kappa shape index (κ2) is 13.4. The van der Waals surface area contributed by atoms with Gasteiger partial charge in [0.1, 0.15) is 18.2 Å².